The first kappa shape index (κ1) is 13.4. The van der Waals surface area contributed by atoms with Crippen LogP contribution in [0.5, 0.6) is 0 Å². The van der Waals surface area contributed by atoms with E-state index in [1.807, 2.05) is 0 Å². The molecule has 1 aromatic carbocycles. The molecular weight excluding hydrogens is 243 g/mol. The SMILES string of the molecule is C[C@](O)(c1ccc(C(F)(F)F)cc1)[C@H]1CCNC1. The Morgan fingerprint density at radius 3 is 2.17 bits per heavy atom. The number of aliphatic hydroxyl groups is 1. The molecule has 1 aromatic rings. The minimum Gasteiger partial charge on any atom is -0.385 e. The van der Waals surface area contributed by atoms with Crippen LogP contribution in [-0.4, -0.2) is 18.2 Å². The molecule has 100 valence electrons. The quantitative estimate of drug-likeness (QED) is 0.855. The van der Waals surface area contributed by atoms with Gasteiger partial charge in [0.05, 0.1) is 11.2 Å². The molecule has 0 radical (unpaired) electrons. The molecular formula is C13H16F3NO. The maximum Gasteiger partial charge on any atom is 0.416 e. The molecule has 1 fully saturated rings. The van der Waals surface area contributed by atoms with Gasteiger partial charge in [0.1, 0.15) is 0 Å². The lowest BCUT2D eigenvalue weighted by atomic mass is 9.82. The van der Waals surface area contributed by atoms with Gasteiger partial charge in [-0.05, 0) is 37.6 Å². The number of hydrogen-bond donors (Lipinski definition) is 2. The number of halogens is 3. The monoisotopic (exact) mass is 259 g/mol. The Morgan fingerprint density at radius 2 is 1.72 bits per heavy atom. The molecule has 0 unspecified atom stereocenters. The molecule has 1 saturated heterocycles. The molecule has 0 spiro atoms. The van der Waals surface area contributed by atoms with E-state index >= 15 is 0 Å². The predicted molar refractivity (Wildman–Crippen MR) is 62.0 cm³/mol. The van der Waals surface area contributed by atoms with Crippen LogP contribution in [-0.2, 0) is 11.8 Å². The summed E-state index contributed by atoms with van der Waals surface area (Å²) in [6.07, 6.45) is -3.51. The van der Waals surface area contributed by atoms with Crippen LogP contribution >= 0.6 is 0 Å². The van der Waals surface area contributed by atoms with Crippen LogP contribution in [0, 0.1) is 5.92 Å². The number of alkyl halides is 3. The van der Waals surface area contributed by atoms with E-state index in [4.69, 9.17) is 0 Å². The summed E-state index contributed by atoms with van der Waals surface area (Å²) in [5.41, 5.74) is -1.25. The lowest BCUT2D eigenvalue weighted by Crippen LogP contribution is -2.33. The third-order valence-electron chi connectivity index (χ3n) is 3.65. The van der Waals surface area contributed by atoms with Crippen molar-refractivity contribution in [2.45, 2.75) is 25.1 Å². The van der Waals surface area contributed by atoms with E-state index < -0.39 is 17.3 Å². The average molecular weight is 259 g/mol. The van der Waals surface area contributed by atoms with Crippen LogP contribution in [0.25, 0.3) is 0 Å². The van der Waals surface area contributed by atoms with Crippen molar-refractivity contribution in [2.75, 3.05) is 13.1 Å². The van der Waals surface area contributed by atoms with Crippen molar-refractivity contribution in [2.24, 2.45) is 5.92 Å². The highest BCUT2D eigenvalue weighted by Crippen LogP contribution is 2.35. The van der Waals surface area contributed by atoms with Crippen molar-refractivity contribution in [1.82, 2.24) is 5.32 Å². The van der Waals surface area contributed by atoms with Gasteiger partial charge in [-0.25, -0.2) is 0 Å². The second-order valence-electron chi connectivity index (χ2n) is 4.91. The standard InChI is InChI=1S/C13H16F3NO/c1-12(18,11-6-7-17-8-11)9-2-4-10(5-3-9)13(14,15)16/h2-5,11,17-18H,6-8H2,1H3/t11-,12-/m0/s1. The van der Waals surface area contributed by atoms with Gasteiger partial charge in [0.25, 0.3) is 0 Å². The number of benzene rings is 1. The highest BCUT2D eigenvalue weighted by molar-refractivity contribution is 5.29. The van der Waals surface area contributed by atoms with E-state index in [0.29, 0.717) is 12.1 Å². The van der Waals surface area contributed by atoms with Gasteiger partial charge in [-0.15, -0.1) is 0 Å². The van der Waals surface area contributed by atoms with Gasteiger partial charge >= 0.3 is 6.18 Å². The Morgan fingerprint density at radius 1 is 1.17 bits per heavy atom. The molecule has 2 atom stereocenters. The van der Waals surface area contributed by atoms with Crippen molar-refractivity contribution in [1.29, 1.82) is 0 Å². The van der Waals surface area contributed by atoms with E-state index in [2.05, 4.69) is 5.32 Å². The highest BCUT2D eigenvalue weighted by Gasteiger charge is 2.36. The highest BCUT2D eigenvalue weighted by atomic mass is 19.4. The number of nitrogens with one attached hydrogen (secondary N) is 1. The first-order valence-corrected chi connectivity index (χ1v) is 5.92. The molecule has 2 rings (SSSR count). The second kappa shape index (κ2) is 4.55. The van der Waals surface area contributed by atoms with Crippen LogP contribution in [0.4, 0.5) is 13.2 Å². The second-order valence-corrected chi connectivity index (χ2v) is 4.91. The molecule has 1 aliphatic rings. The van der Waals surface area contributed by atoms with Gasteiger partial charge in [-0.1, -0.05) is 12.1 Å². The molecule has 2 nitrogen and oxygen atoms in total. The van der Waals surface area contributed by atoms with Gasteiger partial charge in [0.15, 0.2) is 0 Å². The smallest absolute Gasteiger partial charge is 0.385 e. The Labute approximate surface area is 104 Å². The normalized spacial score (nSPS) is 23.9. The lowest BCUT2D eigenvalue weighted by molar-refractivity contribution is -0.137. The van der Waals surface area contributed by atoms with Crippen molar-refractivity contribution < 1.29 is 18.3 Å². The van der Waals surface area contributed by atoms with E-state index in [0.717, 1.165) is 25.1 Å². The van der Waals surface area contributed by atoms with E-state index in [9.17, 15) is 18.3 Å². The molecule has 0 amide bonds. The van der Waals surface area contributed by atoms with Crippen molar-refractivity contribution in [3.8, 4) is 0 Å². The van der Waals surface area contributed by atoms with Crippen molar-refractivity contribution >= 4 is 0 Å². The zero-order valence-corrected chi connectivity index (χ0v) is 10.1. The first-order chi connectivity index (χ1) is 8.32. The van der Waals surface area contributed by atoms with E-state index in [1.54, 1.807) is 6.92 Å². The summed E-state index contributed by atoms with van der Waals surface area (Å²) < 4.78 is 37.3. The fourth-order valence-electron chi connectivity index (χ4n) is 2.37. The summed E-state index contributed by atoms with van der Waals surface area (Å²) in [6.45, 7) is 3.18. The summed E-state index contributed by atoms with van der Waals surface area (Å²) in [6, 6.07) is 4.76. The topological polar surface area (TPSA) is 32.3 Å². The Balaban J connectivity index is 2.23. The first-order valence-electron chi connectivity index (χ1n) is 5.92. The fourth-order valence-corrected chi connectivity index (χ4v) is 2.37. The van der Waals surface area contributed by atoms with Crippen molar-refractivity contribution in [3.05, 3.63) is 35.4 Å². The van der Waals surface area contributed by atoms with Crippen molar-refractivity contribution in [3.63, 3.8) is 0 Å². The van der Waals surface area contributed by atoms with Gasteiger partial charge in [0, 0.05) is 12.5 Å². The molecule has 18 heavy (non-hydrogen) atoms. The van der Waals surface area contributed by atoms with Gasteiger partial charge < -0.3 is 10.4 Å². The summed E-state index contributed by atoms with van der Waals surface area (Å²) in [7, 11) is 0. The summed E-state index contributed by atoms with van der Waals surface area (Å²) in [4.78, 5) is 0. The van der Waals surface area contributed by atoms with Crippen LogP contribution in [0.15, 0.2) is 24.3 Å². The third kappa shape index (κ3) is 2.52. The summed E-state index contributed by atoms with van der Waals surface area (Å²) in [5.74, 6) is 0.0363. The van der Waals surface area contributed by atoms with Gasteiger partial charge in [-0.2, -0.15) is 13.2 Å². The fraction of sp³-hybridized carbons (Fsp3) is 0.538. The van der Waals surface area contributed by atoms with Crippen LogP contribution in [0.2, 0.25) is 0 Å². The van der Waals surface area contributed by atoms with Gasteiger partial charge in [0.2, 0.25) is 0 Å². The van der Waals surface area contributed by atoms with Crippen LogP contribution in [0.1, 0.15) is 24.5 Å². The Bertz CT molecular complexity index is 405. The minimum absolute atomic E-state index is 0.0363. The number of hydrogen-bond acceptors (Lipinski definition) is 2. The molecule has 1 heterocycles. The third-order valence-corrected chi connectivity index (χ3v) is 3.65. The molecule has 2 N–H and O–H groups in total. The molecule has 0 aromatic heterocycles. The molecule has 1 aliphatic heterocycles. The molecule has 0 saturated carbocycles. The molecule has 5 heteroatoms. The van der Waals surface area contributed by atoms with Crippen LogP contribution in [0.3, 0.4) is 0 Å². The Kier molecular flexibility index (Phi) is 3.38. The largest absolute Gasteiger partial charge is 0.416 e. The Hall–Kier alpha value is -1.07. The van der Waals surface area contributed by atoms with E-state index in [1.165, 1.54) is 12.1 Å². The average Bonchev–Trinajstić information content (AvgIpc) is 2.82. The zero-order valence-electron chi connectivity index (χ0n) is 10.1. The van der Waals surface area contributed by atoms with E-state index in [-0.39, 0.29) is 5.92 Å². The zero-order chi connectivity index (χ0) is 13.4. The predicted octanol–water partition coefficient (Wildman–Crippen LogP) is 2.52. The lowest BCUT2D eigenvalue weighted by Gasteiger charge is -2.30. The molecule has 0 aliphatic carbocycles. The summed E-state index contributed by atoms with van der Waals surface area (Å²) >= 11 is 0. The minimum atomic E-state index is -4.33. The maximum absolute atomic E-state index is 12.4. The van der Waals surface area contributed by atoms with Crippen LogP contribution < -0.4 is 5.32 Å². The molecule has 0 bridgehead atoms. The maximum atomic E-state index is 12.4. The number of rotatable bonds is 2. The van der Waals surface area contributed by atoms with Gasteiger partial charge in [-0.3, -0.25) is 0 Å². The summed E-state index contributed by atoms with van der Waals surface area (Å²) in [5, 5.41) is 13.6.